The molecule has 0 spiro atoms. The Balaban J connectivity index is 1.85. The molecule has 0 amide bonds. The van der Waals surface area contributed by atoms with E-state index in [9.17, 15) is 0 Å². The quantitative estimate of drug-likeness (QED) is 0.497. The Morgan fingerprint density at radius 1 is 0.692 bits per heavy atom. The van der Waals surface area contributed by atoms with Crippen LogP contribution in [0.4, 0.5) is 11.4 Å². The molecule has 2 rings (SSSR count). The standard InChI is InChI=1S/C18H24N6O2/c1-23(21-19-15-9-5-7-11-17(15)25-3)13-14-24(2)22-20-16-10-6-8-12-18(16)26-4/h5-12H,13-14H2,1-4H3. The fourth-order valence-electron chi connectivity index (χ4n) is 2.05. The lowest BCUT2D eigenvalue weighted by Crippen LogP contribution is -2.24. The fourth-order valence-corrected chi connectivity index (χ4v) is 2.05. The molecule has 0 fully saturated rings. The van der Waals surface area contributed by atoms with Crippen LogP contribution in [0.25, 0.3) is 0 Å². The van der Waals surface area contributed by atoms with Crippen molar-refractivity contribution in [2.24, 2.45) is 20.7 Å². The van der Waals surface area contributed by atoms with E-state index in [2.05, 4.69) is 20.7 Å². The summed E-state index contributed by atoms with van der Waals surface area (Å²) < 4.78 is 10.5. The minimum Gasteiger partial charge on any atom is -0.494 e. The average Bonchev–Trinajstić information content (AvgIpc) is 2.69. The van der Waals surface area contributed by atoms with Gasteiger partial charge < -0.3 is 9.47 Å². The molecule has 0 saturated heterocycles. The first-order chi connectivity index (χ1) is 12.6. The van der Waals surface area contributed by atoms with Crippen molar-refractivity contribution in [1.29, 1.82) is 0 Å². The van der Waals surface area contributed by atoms with Crippen molar-refractivity contribution in [2.75, 3.05) is 41.4 Å². The molecule has 0 aliphatic carbocycles. The monoisotopic (exact) mass is 356 g/mol. The van der Waals surface area contributed by atoms with Gasteiger partial charge in [-0.05, 0) is 24.3 Å². The number of benzene rings is 2. The lowest BCUT2D eigenvalue weighted by molar-refractivity contribution is 0.251. The molecule has 8 nitrogen and oxygen atoms in total. The highest BCUT2D eigenvalue weighted by molar-refractivity contribution is 5.51. The number of hydrogen-bond acceptors (Lipinski definition) is 6. The second-order valence-electron chi connectivity index (χ2n) is 5.49. The zero-order chi connectivity index (χ0) is 18.8. The van der Waals surface area contributed by atoms with Gasteiger partial charge in [0.05, 0.1) is 27.3 Å². The van der Waals surface area contributed by atoms with Crippen LogP contribution in [0.15, 0.2) is 69.2 Å². The lowest BCUT2D eigenvalue weighted by Gasteiger charge is -2.16. The molecule has 0 unspecified atom stereocenters. The molecule has 8 heteroatoms. The predicted octanol–water partition coefficient (Wildman–Crippen LogP) is 4.27. The highest BCUT2D eigenvalue weighted by Gasteiger charge is 2.03. The van der Waals surface area contributed by atoms with Crippen molar-refractivity contribution in [1.82, 2.24) is 10.0 Å². The van der Waals surface area contributed by atoms with Crippen molar-refractivity contribution in [3.63, 3.8) is 0 Å². The second kappa shape index (κ2) is 9.97. The fraction of sp³-hybridized carbons (Fsp3) is 0.333. The minimum atomic E-state index is 0.639. The summed E-state index contributed by atoms with van der Waals surface area (Å²) in [5.41, 5.74) is 1.37. The van der Waals surface area contributed by atoms with Crippen LogP contribution in [0.2, 0.25) is 0 Å². The molecule has 26 heavy (non-hydrogen) atoms. The third kappa shape index (κ3) is 5.73. The molecule has 138 valence electrons. The van der Waals surface area contributed by atoms with Gasteiger partial charge in [0.1, 0.15) is 22.9 Å². The van der Waals surface area contributed by atoms with Gasteiger partial charge in [-0.1, -0.05) is 34.7 Å². The smallest absolute Gasteiger partial charge is 0.146 e. The van der Waals surface area contributed by atoms with E-state index in [4.69, 9.17) is 9.47 Å². The van der Waals surface area contributed by atoms with E-state index < -0.39 is 0 Å². The van der Waals surface area contributed by atoms with Gasteiger partial charge in [-0.3, -0.25) is 10.0 Å². The van der Waals surface area contributed by atoms with Crippen LogP contribution < -0.4 is 9.47 Å². The van der Waals surface area contributed by atoms with Gasteiger partial charge >= 0.3 is 0 Å². The summed E-state index contributed by atoms with van der Waals surface area (Å²) in [4.78, 5) is 0. The molecule has 2 aromatic carbocycles. The molecule has 0 saturated carbocycles. The summed E-state index contributed by atoms with van der Waals surface area (Å²) in [6, 6.07) is 15.0. The van der Waals surface area contributed by atoms with Gasteiger partial charge in [-0.2, -0.15) is 0 Å². The molecule has 0 N–H and O–H groups in total. The molecule has 0 radical (unpaired) electrons. The van der Waals surface area contributed by atoms with Crippen molar-refractivity contribution >= 4 is 11.4 Å². The Kier molecular flexibility index (Phi) is 7.35. The van der Waals surface area contributed by atoms with Crippen LogP contribution in [-0.4, -0.2) is 51.4 Å². The zero-order valence-corrected chi connectivity index (χ0v) is 15.5. The number of para-hydroxylation sites is 2. The van der Waals surface area contributed by atoms with E-state index >= 15 is 0 Å². The highest BCUT2D eigenvalue weighted by atomic mass is 16.5. The van der Waals surface area contributed by atoms with Gasteiger partial charge in [-0.25, -0.2) is 0 Å². The summed E-state index contributed by atoms with van der Waals surface area (Å²) in [5, 5.41) is 20.3. The van der Waals surface area contributed by atoms with E-state index in [1.165, 1.54) is 0 Å². The second-order valence-corrected chi connectivity index (χ2v) is 5.49. The number of ether oxygens (including phenoxy) is 2. The summed E-state index contributed by atoms with van der Waals surface area (Å²) in [6.07, 6.45) is 0. The van der Waals surface area contributed by atoms with Gasteiger partial charge in [-0.15, -0.1) is 10.2 Å². The largest absolute Gasteiger partial charge is 0.494 e. The van der Waals surface area contributed by atoms with E-state index in [1.807, 2.05) is 62.6 Å². The van der Waals surface area contributed by atoms with Crippen LogP contribution in [-0.2, 0) is 0 Å². The first kappa shape index (κ1) is 19.2. The molecule has 0 aromatic heterocycles. The normalized spacial score (nSPS) is 11.1. The Labute approximate surface area is 153 Å². The Morgan fingerprint density at radius 3 is 1.46 bits per heavy atom. The van der Waals surface area contributed by atoms with E-state index in [0.29, 0.717) is 36.0 Å². The Morgan fingerprint density at radius 2 is 1.08 bits per heavy atom. The number of hydrogen-bond donors (Lipinski definition) is 0. The first-order valence-electron chi connectivity index (χ1n) is 8.15. The molecule has 0 atom stereocenters. The van der Waals surface area contributed by atoms with Crippen LogP contribution in [0.5, 0.6) is 11.5 Å². The van der Waals surface area contributed by atoms with Gasteiger partial charge in [0.25, 0.3) is 0 Å². The molecule has 0 bridgehead atoms. The van der Waals surface area contributed by atoms with Crippen molar-refractivity contribution < 1.29 is 9.47 Å². The van der Waals surface area contributed by atoms with Gasteiger partial charge in [0, 0.05) is 14.1 Å². The van der Waals surface area contributed by atoms with Crippen molar-refractivity contribution in [3.05, 3.63) is 48.5 Å². The van der Waals surface area contributed by atoms with Gasteiger partial charge in [0.15, 0.2) is 0 Å². The third-order valence-corrected chi connectivity index (χ3v) is 3.53. The molecule has 0 heterocycles. The summed E-state index contributed by atoms with van der Waals surface area (Å²) in [6.45, 7) is 1.28. The summed E-state index contributed by atoms with van der Waals surface area (Å²) in [7, 11) is 6.92. The molecular formula is C18H24N6O2. The minimum absolute atomic E-state index is 0.639. The number of methoxy groups -OCH3 is 2. The number of rotatable bonds is 9. The molecular weight excluding hydrogens is 332 g/mol. The topological polar surface area (TPSA) is 74.4 Å². The van der Waals surface area contributed by atoms with E-state index in [1.54, 1.807) is 24.2 Å². The molecule has 0 aliphatic rings. The summed E-state index contributed by atoms with van der Waals surface area (Å²) >= 11 is 0. The zero-order valence-electron chi connectivity index (χ0n) is 15.5. The van der Waals surface area contributed by atoms with Crippen LogP contribution >= 0.6 is 0 Å². The summed E-state index contributed by atoms with van der Waals surface area (Å²) in [5.74, 6) is 1.37. The van der Waals surface area contributed by atoms with E-state index in [-0.39, 0.29) is 0 Å². The van der Waals surface area contributed by atoms with Crippen molar-refractivity contribution in [3.8, 4) is 11.5 Å². The average molecular weight is 356 g/mol. The first-order valence-corrected chi connectivity index (χ1v) is 8.15. The Hall–Kier alpha value is -3.16. The maximum Gasteiger partial charge on any atom is 0.146 e. The Bertz CT molecular complexity index is 686. The van der Waals surface area contributed by atoms with Crippen molar-refractivity contribution in [2.45, 2.75) is 0 Å². The van der Waals surface area contributed by atoms with Crippen LogP contribution in [0, 0.1) is 0 Å². The molecule has 2 aromatic rings. The van der Waals surface area contributed by atoms with Crippen LogP contribution in [0.3, 0.4) is 0 Å². The van der Waals surface area contributed by atoms with Gasteiger partial charge in [0.2, 0.25) is 0 Å². The SMILES string of the molecule is COc1ccccc1N=NN(C)CCN(C)N=Nc1ccccc1OC. The van der Waals surface area contributed by atoms with E-state index in [0.717, 1.165) is 0 Å². The molecule has 0 aliphatic heterocycles. The maximum atomic E-state index is 5.25. The number of nitrogens with zero attached hydrogens (tertiary/aromatic N) is 6. The maximum absolute atomic E-state index is 5.25. The lowest BCUT2D eigenvalue weighted by atomic mass is 10.3. The predicted molar refractivity (Wildman–Crippen MR) is 100 cm³/mol. The third-order valence-electron chi connectivity index (χ3n) is 3.53. The highest BCUT2D eigenvalue weighted by Crippen LogP contribution is 2.27. The number of likely N-dealkylation sites (N-methyl/N-ethyl adjacent to an activating group) is 2. The van der Waals surface area contributed by atoms with Crippen LogP contribution in [0.1, 0.15) is 0 Å².